The number of nitrogens with zero attached hydrogens (tertiary/aromatic N) is 3. The van der Waals surface area contributed by atoms with E-state index in [0.717, 1.165) is 17.5 Å². The molecule has 3 rings (SSSR count). The van der Waals surface area contributed by atoms with Crippen LogP contribution in [-0.2, 0) is 16.0 Å². The van der Waals surface area contributed by atoms with E-state index in [0.29, 0.717) is 12.1 Å². The van der Waals surface area contributed by atoms with Gasteiger partial charge >= 0.3 is 5.82 Å². The molecule has 0 saturated heterocycles. The van der Waals surface area contributed by atoms with Gasteiger partial charge in [0.2, 0.25) is 5.91 Å². The minimum atomic E-state index is -0.951. The number of rotatable bonds is 6. The summed E-state index contributed by atoms with van der Waals surface area (Å²) >= 11 is 0. The molecule has 1 aromatic carbocycles. The van der Waals surface area contributed by atoms with E-state index in [-0.39, 0.29) is 11.6 Å². The van der Waals surface area contributed by atoms with Gasteiger partial charge in [0.1, 0.15) is 6.04 Å². The molecule has 0 radical (unpaired) electrons. The molecule has 2 amide bonds. The fourth-order valence-corrected chi connectivity index (χ4v) is 3.43. The van der Waals surface area contributed by atoms with Crippen LogP contribution in [0.4, 0.5) is 17.3 Å². The van der Waals surface area contributed by atoms with Gasteiger partial charge in [-0.1, -0.05) is 32.0 Å². The third-order valence-electron chi connectivity index (χ3n) is 5.15. The number of anilines is 2. The van der Waals surface area contributed by atoms with Gasteiger partial charge in [-0.3, -0.25) is 14.5 Å². The van der Waals surface area contributed by atoms with Crippen LogP contribution in [0.25, 0.3) is 0 Å². The number of hydrogen-bond acceptors (Lipinski definition) is 6. The molecule has 2 heterocycles. The zero-order valence-corrected chi connectivity index (χ0v) is 17.3. The lowest BCUT2D eigenvalue weighted by atomic mass is 10.0. The maximum absolute atomic E-state index is 13.1. The van der Waals surface area contributed by atoms with Crippen LogP contribution in [0.1, 0.15) is 38.3 Å². The Balaban J connectivity index is 1.99. The van der Waals surface area contributed by atoms with Gasteiger partial charge in [0.25, 0.3) is 11.7 Å². The molecule has 1 aromatic heterocycles. The molecule has 2 aromatic rings. The molecule has 0 fully saturated rings. The van der Waals surface area contributed by atoms with Crippen molar-refractivity contribution in [1.29, 1.82) is 0 Å². The first-order chi connectivity index (χ1) is 14.3. The van der Waals surface area contributed by atoms with Crippen molar-refractivity contribution >= 4 is 29.1 Å². The van der Waals surface area contributed by atoms with E-state index >= 15 is 0 Å². The normalized spacial score (nSPS) is 16.5. The third kappa shape index (κ3) is 3.83. The number of hydrogen-bond donors (Lipinski definition) is 1. The Bertz CT molecular complexity index is 1010. The van der Waals surface area contributed by atoms with E-state index < -0.39 is 34.7 Å². The Labute approximate surface area is 174 Å². The number of para-hydroxylation sites is 1. The standard InChI is InChI=1S/C21H24N4O5/c1-5-14-9-7-8-12(3)18(14)23-20(26)13(4)24-19-16(30-15(6-2)21(24)27)10-11-17(22-19)25(28)29/h7-11,13,15H,5-6H2,1-4H3,(H,23,26). The molecule has 2 unspecified atom stereocenters. The van der Waals surface area contributed by atoms with Gasteiger partial charge in [-0.2, -0.15) is 0 Å². The van der Waals surface area contributed by atoms with Gasteiger partial charge in [0, 0.05) is 11.8 Å². The van der Waals surface area contributed by atoms with Crippen molar-refractivity contribution in [3.63, 3.8) is 0 Å². The lowest BCUT2D eigenvalue weighted by Gasteiger charge is -2.34. The van der Waals surface area contributed by atoms with E-state index in [1.165, 1.54) is 17.0 Å². The van der Waals surface area contributed by atoms with E-state index in [4.69, 9.17) is 4.74 Å². The van der Waals surface area contributed by atoms with E-state index in [1.807, 2.05) is 32.0 Å². The summed E-state index contributed by atoms with van der Waals surface area (Å²) in [5, 5.41) is 14.1. The monoisotopic (exact) mass is 412 g/mol. The van der Waals surface area contributed by atoms with Crippen LogP contribution in [0.2, 0.25) is 0 Å². The van der Waals surface area contributed by atoms with Crippen molar-refractivity contribution in [2.75, 3.05) is 10.2 Å². The number of nitrogens with one attached hydrogen (secondary N) is 1. The molecule has 0 saturated carbocycles. The van der Waals surface area contributed by atoms with Crippen molar-refractivity contribution < 1.29 is 19.2 Å². The largest absolute Gasteiger partial charge is 0.474 e. The molecule has 1 N–H and O–H groups in total. The lowest BCUT2D eigenvalue weighted by molar-refractivity contribution is -0.389. The minimum Gasteiger partial charge on any atom is -0.474 e. The summed E-state index contributed by atoms with van der Waals surface area (Å²) in [6.07, 6.45) is 0.329. The van der Waals surface area contributed by atoms with Crippen molar-refractivity contribution in [3.8, 4) is 5.75 Å². The van der Waals surface area contributed by atoms with Crippen LogP contribution in [0.5, 0.6) is 5.75 Å². The molecule has 1 aliphatic rings. The van der Waals surface area contributed by atoms with E-state index in [9.17, 15) is 19.7 Å². The second-order valence-electron chi connectivity index (χ2n) is 7.10. The van der Waals surface area contributed by atoms with Crippen molar-refractivity contribution in [3.05, 3.63) is 51.6 Å². The van der Waals surface area contributed by atoms with Gasteiger partial charge in [0.15, 0.2) is 11.9 Å². The van der Waals surface area contributed by atoms with E-state index in [1.54, 1.807) is 13.8 Å². The first-order valence-corrected chi connectivity index (χ1v) is 9.82. The highest BCUT2D eigenvalue weighted by molar-refractivity contribution is 6.07. The van der Waals surface area contributed by atoms with Gasteiger partial charge in [0.05, 0.1) is 0 Å². The molecule has 30 heavy (non-hydrogen) atoms. The third-order valence-corrected chi connectivity index (χ3v) is 5.15. The summed E-state index contributed by atoms with van der Waals surface area (Å²) in [5.74, 6) is -1.09. The van der Waals surface area contributed by atoms with Crippen LogP contribution >= 0.6 is 0 Å². The molecular weight excluding hydrogens is 388 g/mol. The number of fused-ring (bicyclic) bond motifs is 1. The number of ether oxygens (including phenoxy) is 1. The highest BCUT2D eigenvalue weighted by Crippen LogP contribution is 2.36. The highest BCUT2D eigenvalue weighted by Gasteiger charge is 2.42. The van der Waals surface area contributed by atoms with Gasteiger partial charge in [-0.15, -0.1) is 0 Å². The molecule has 1 aliphatic heterocycles. The summed E-state index contributed by atoms with van der Waals surface area (Å²) in [4.78, 5) is 41.8. The average molecular weight is 412 g/mol. The minimum absolute atomic E-state index is 0.0259. The number of carbonyl (C=O) groups excluding carboxylic acids is 2. The van der Waals surface area contributed by atoms with Crippen LogP contribution in [0.3, 0.4) is 0 Å². The van der Waals surface area contributed by atoms with Crippen LogP contribution in [0, 0.1) is 17.0 Å². The molecule has 9 heteroatoms. The van der Waals surface area contributed by atoms with E-state index in [2.05, 4.69) is 10.3 Å². The zero-order valence-electron chi connectivity index (χ0n) is 17.3. The number of carbonyl (C=O) groups is 2. The lowest BCUT2D eigenvalue weighted by Crippen LogP contribution is -2.53. The number of benzene rings is 1. The van der Waals surface area contributed by atoms with Gasteiger partial charge in [-0.25, -0.2) is 0 Å². The Morgan fingerprint density at radius 1 is 1.33 bits per heavy atom. The predicted octanol–water partition coefficient (Wildman–Crippen LogP) is 3.39. The summed E-state index contributed by atoms with van der Waals surface area (Å²) in [5.41, 5.74) is 2.59. The quantitative estimate of drug-likeness (QED) is 0.574. The first kappa shape index (κ1) is 21.2. The Kier molecular flexibility index (Phi) is 6.00. The number of aromatic nitrogens is 1. The predicted molar refractivity (Wildman–Crippen MR) is 112 cm³/mol. The SMILES string of the molecule is CCc1cccc(C)c1NC(=O)C(C)N1C(=O)C(CC)Oc2ccc([N+](=O)[O-])nc21. The fraction of sp³-hybridized carbons (Fsp3) is 0.381. The maximum atomic E-state index is 13.1. The van der Waals surface area contributed by atoms with Gasteiger partial charge < -0.3 is 20.2 Å². The van der Waals surface area contributed by atoms with Crippen LogP contribution in [-0.4, -0.2) is 33.9 Å². The smallest absolute Gasteiger partial charge is 0.366 e. The number of aryl methyl sites for hydroxylation is 2. The number of amides is 2. The number of nitro groups is 1. The Hall–Kier alpha value is -3.49. The van der Waals surface area contributed by atoms with Crippen molar-refractivity contribution in [2.45, 2.75) is 52.7 Å². The summed E-state index contributed by atoms with van der Waals surface area (Å²) in [7, 11) is 0. The molecule has 0 spiro atoms. The van der Waals surface area contributed by atoms with Crippen LogP contribution < -0.4 is 15.0 Å². The van der Waals surface area contributed by atoms with Gasteiger partial charge in [-0.05, 0) is 53.8 Å². The van der Waals surface area contributed by atoms with Crippen LogP contribution in [0.15, 0.2) is 30.3 Å². The first-order valence-electron chi connectivity index (χ1n) is 9.82. The fourth-order valence-electron chi connectivity index (χ4n) is 3.43. The summed E-state index contributed by atoms with van der Waals surface area (Å²) in [6, 6.07) is 7.42. The van der Waals surface area contributed by atoms with Crippen molar-refractivity contribution in [1.82, 2.24) is 4.98 Å². The topological polar surface area (TPSA) is 115 Å². The Morgan fingerprint density at radius 3 is 2.70 bits per heavy atom. The molecule has 158 valence electrons. The average Bonchev–Trinajstić information content (AvgIpc) is 2.73. The summed E-state index contributed by atoms with van der Waals surface area (Å²) in [6.45, 7) is 7.24. The molecule has 0 aliphatic carbocycles. The molecule has 9 nitrogen and oxygen atoms in total. The molecule has 2 atom stereocenters. The second kappa shape index (κ2) is 8.48. The molecule has 0 bridgehead atoms. The van der Waals surface area contributed by atoms with Crippen molar-refractivity contribution in [2.24, 2.45) is 0 Å². The highest BCUT2D eigenvalue weighted by atomic mass is 16.6. The second-order valence-corrected chi connectivity index (χ2v) is 7.10. The maximum Gasteiger partial charge on any atom is 0.366 e. The Morgan fingerprint density at radius 2 is 2.07 bits per heavy atom. The molecular formula is C21H24N4O5. The zero-order chi connectivity index (χ0) is 22.0. The number of pyridine rings is 1. The summed E-state index contributed by atoms with van der Waals surface area (Å²) < 4.78 is 5.65.